The molecule has 0 aliphatic rings. The Morgan fingerprint density at radius 2 is 1.53 bits per heavy atom. The van der Waals surface area contributed by atoms with E-state index in [1.54, 1.807) is 0 Å². The highest BCUT2D eigenvalue weighted by atomic mass is 16.6. The van der Waals surface area contributed by atoms with Crippen molar-refractivity contribution in [2.24, 2.45) is 0 Å². The van der Waals surface area contributed by atoms with Crippen molar-refractivity contribution in [2.75, 3.05) is 0 Å². The van der Waals surface area contributed by atoms with Crippen molar-refractivity contribution in [1.82, 2.24) is 0 Å². The Kier molecular flexibility index (Phi) is 2.44. The van der Waals surface area contributed by atoms with E-state index in [0.717, 1.165) is 0 Å². The summed E-state index contributed by atoms with van der Waals surface area (Å²) in [5.41, 5.74) is -2.43. The first-order chi connectivity index (χ1) is 6.97. The molecule has 0 spiro atoms. The van der Waals surface area contributed by atoms with Gasteiger partial charge in [-0.2, -0.15) is 0 Å². The number of benzene rings is 1. The average Bonchev–Trinajstić information content (AvgIpc) is 2.17. The minimum Gasteiger partial charge on any atom is -0.863 e. The molecule has 0 saturated carbocycles. The lowest BCUT2D eigenvalue weighted by Gasteiger charge is -2.04. The second-order valence-corrected chi connectivity index (χ2v) is 2.43. The molecule has 1 aromatic carbocycles. The summed E-state index contributed by atoms with van der Waals surface area (Å²) >= 11 is 0. The Balaban J connectivity index is 3.56. The van der Waals surface area contributed by atoms with Crippen LogP contribution in [0.5, 0.6) is 5.75 Å². The van der Waals surface area contributed by atoms with E-state index in [1.807, 2.05) is 0 Å². The van der Waals surface area contributed by atoms with Gasteiger partial charge >= 0.3 is 5.69 Å². The van der Waals surface area contributed by atoms with E-state index < -0.39 is 32.7 Å². The number of rotatable bonds is 2. The molecule has 0 saturated heterocycles. The van der Waals surface area contributed by atoms with Gasteiger partial charge in [-0.3, -0.25) is 20.2 Å². The second kappa shape index (κ2) is 3.54. The summed E-state index contributed by atoms with van der Waals surface area (Å²) in [7, 11) is 0. The van der Waals surface area contributed by atoms with E-state index in [2.05, 4.69) is 4.98 Å². The first-order valence-corrected chi connectivity index (χ1v) is 3.46. The monoisotopic (exact) mass is 210 g/mol. The lowest BCUT2D eigenvalue weighted by Crippen LogP contribution is -2.02. The van der Waals surface area contributed by atoms with Crippen LogP contribution < -0.4 is 5.11 Å². The van der Waals surface area contributed by atoms with Crippen molar-refractivity contribution in [2.45, 2.75) is 0 Å². The summed E-state index contributed by atoms with van der Waals surface area (Å²) in [6, 6.07) is 1.30. The van der Waals surface area contributed by atoms with Gasteiger partial charge in [-0.15, -0.1) is 0 Å². The molecule has 0 atom stereocenters. The minimum absolute atomic E-state index is 0.423. The maximum absolute atomic E-state index is 11.1. The van der Waals surface area contributed by atoms with Crippen LogP contribution in [0.1, 0.15) is 0 Å². The van der Waals surface area contributed by atoms with Crippen LogP contribution in [0.2, 0.25) is 0 Å². The SMILES string of the molecule is N#[N+]c1cc([N+](=O)[O-])c([O-])c([N+](=O)[O-])c1. The van der Waals surface area contributed by atoms with Gasteiger partial charge in [0, 0.05) is 0 Å². The van der Waals surface area contributed by atoms with Gasteiger partial charge in [0.15, 0.2) is 4.98 Å². The highest BCUT2D eigenvalue weighted by Crippen LogP contribution is 2.37. The minimum atomic E-state index is -1.32. The first-order valence-electron chi connectivity index (χ1n) is 3.46. The number of hydrogen-bond donors (Lipinski definition) is 0. The fourth-order valence-electron chi connectivity index (χ4n) is 0.913. The second-order valence-electron chi connectivity index (χ2n) is 2.43. The van der Waals surface area contributed by atoms with E-state index in [9.17, 15) is 25.3 Å². The maximum atomic E-state index is 11.1. The molecule has 76 valence electrons. The number of hydrogen-bond acceptors (Lipinski definition) is 6. The van der Waals surface area contributed by atoms with E-state index in [1.165, 1.54) is 0 Å². The summed E-state index contributed by atoms with van der Waals surface area (Å²) in [6.07, 6.45) is 0. The van der Waals surface area contributed by atoms with Crippen LogP contribution in [0, 0.1) is 25.6 Å². The average molecular weight is 210 g/mol. The zero-order valence-corrected chi connectivity index (χ0v) is 6.98. The van der Waals surface area contributed by atoms with E-state index >= 15 is 0 Å². The predicted molar refractivity (Wildman–Crippen MR) is 43.9 cm³/mol. The smallest absolute Gasteiger partial charge is 0.398 e. The molecule has 9 heteroatoms. The van der Waals surface area contributed by atoms with Gasteiger partial charge in [0.2, 0.25) is 5.39 Å². The highest BCUT2D eigenvalue weighted by Gasteiger charge is 2.24. The third-order valence-electron chi connectivity index (χ3n) is 1.54. The Morgan fingerprint density at radius 1 is 1.13 bits per heavy atom. The standard InChI is InChI=1S/C6H2N4O5/c7-8-3-1-4(9(12)13)6(11)5(2-3)10(14)15/h1-2H. The predicted octanol–water partition coefficient (Wildman–Crippen LogP) is 1.06. The van der Waals surface area contributed by atoms with Crippen LogP contribution in [-0.4, -0.2) is 9.85 Å². The van der Waals surface area contributed by atoms with Gasteiger partial charge in [-0.25, -0.2) is 0 Å². The molecule has 0 unspecified atom stereocenters. The summed E-state index contributed by atoms with van der Waals surface area (Å²) in [6.45, 7) is 0. The highest BCUT2D eigenvalue weighted by molar-refractivity contribution is 5.67. The van der Waals surface area contributed by atoms with Crippen LogP contribution in [0.4, 0.5) is 17.1 Å². The molecule has 0 N–H and O–H groups in total. The summed E-state index contributed by atoms with van der Waals surface area (Å²) in [4.78, 5) is 21.0. The lowest BCUT2D eigenvalue weighted by atomic mass is 10.2. The fraction of sp³-hybridized carbons (Fsp3) is 0. The molecule has 0 aliphatic carbocycles. The van der Waals surface area contributed by atoms with Gasteiger partial charge in [0.1, 0.15) is 12.1 Å². The summed E-state index contributed by atoms with van der Waals surface area (Å²) in [5, 5.41) is 40.1. The van der Waals surface area contributed by atoms with Gasteiger partial charge < -0.3 is 5.11 Å². The molecular weight excluding hydrogens is 208 g/mol. The number of diazo groups is 1. The third-order valence-corrected chi connectivity index (χ3v) is 1.54. The molecule has 0 radical (unpaired) electrons. The zero-order chi connectivity index (χ0) is 11.6. The van der Waals surface area contributed by atoms with Crippen LogP contribution in [-0.2, 0) is 0 Å². The fourth-order valence-corrected chi connectivity index (χ4v) is 0.913. The molecule has 0 bridgehead atoms. The van der Waals surface area contributed by atoms with Crippen molar-refractivity contribution >= 4 is 17.1 Å². The molecule has 1 aromatic rings. The van der Waals surface area contributed by atoms with Crippen molar-refractivity contribution in [3.8, 4) is 5.75 Å². The van der Waals surface area contributed by atoms with Crippen LogP contribution in [0.25, 0.3) is 4.98 Å². The summed E-state index contributed by atoms with van der Waals surface area (Å²) < 4.78 is 0. The van der Waals surface area contributed by atoms with Crippen LogP contribution in [0.15, 0.2) is 12.1 Å². The number of nitro groups is 2. The Labute approximate surface area is 81.5 Å². The van der Waals surface area contributed by atoms with E-state index in [-0.39, 0.29) is 0 Å². The molecule has 0 heterocycles. The molecule has 15 heavy (non-hydrogen) atoms. The quantitative estimate of drug-likeness (QED) is 0.406. The Hall–Kier alpha value is -2.76. The van der Waals surface area contributed by atoms with E-state index in [0.29, 0.717) is 12.1 Å². The van der Waals surface area contributed by atoms with Gasteiger partial charge in [-0.1, -0.05) is 0 Å². The Bertz CT molecular complexity index is 456. The summed E-state index contributed by atoms with van der Waals surface area (Å²) in [5.74, 6) is -1.32. The molecule has 0 aliphatic heterocycles. The molecule has 1 rings (SSSR count). The molecule has 0 aromatic heterocycles. The van der Waals surface area contributed by atoms with Crippen molar-refractivity contribution in [1.29, 1.82) is 5.39 Å². The van der Waals surface area contributed by atoms with E-state index in [4.69, 9.17) is 5.39 Å². The van der Waals surface area contributed by atoms with Gasteiger partial charge in [0.25, 0.3) is 11.4 Å². The number of nitro benzene ring substituents is 2. The molecule has 9 nitrogen and oxygen atoms in total. The molecule has 0 amide bonds. The zero-order valence-electron chi connectivity index (χ0n) is 6.98. The van der Waals surface area contributed by atoms with Gasteiger partial charge in [-0.05, 0) is 0 Å². The van der Waals surface area contributed by atoms with Crippen LogP contribution >= 0.6 is 0 Å². The Morgan fingerprint density at radius 3 is 1.80 bits per heavy atom. The lowest BCUT2D eigenvalue weighted by molar-refractivity contribution is -0.416. The van der Waals surface area contributed by atoms with Crippen molar-refractivity contribution in [3.63, 3.8) is 0 Å². The van der Waals surface area contributed by atoms with Crippen LogP contribution in [0.3, 0.4) is 0 Å². The van der Waals surface area contributed by atoms with Crippen molar-refractivity contribution in [3.05, 3.63) is 37.3 Å². The topological polar surface area (TPSA) is 137 Å². The van der Waals surface area contributed by atoms with Gasteiger partial charge in [0.05, 0.1) is 15.6 Å². The normalized spacial score (nSPS) is 9.27. The third kappa shape index (κ3) is 1.78. The first kappa shape index (κ1) is 10.3. The molecular formula is C6H2N4O5. The molecule has 0 fully saturated rings. The maximum Gasteiger partial charge on any atom is 0.398 e. The number of nitrogens with zero attached hydrogens (tertiary/aromatic N) is 4. The van der Waals surface area contributed by atoms with Crippen molar-refractivity contribution < 1.29 is 15.0 Å². The largest absolute Gasteiger partial charge is 0.863 e.